The average Bonchev–Trinajstić information content (AvgIpc) is 2.66. The summed E-state index contributed by atoms with van der Waals surface area (Å²) in [6, 6.07) is 6.68. The molecule has 2 heterocycles. The van der Waals surface area contributed by atoms with Crippen molar-refractivity contribution in [1.29, 1.82) is 0 Å². The van der Waals surface area contributed by atoms with Crippen LogP contribution >= 0.6 is 0 Å². The fourth-order valence-corrected chi connectivity index (χ4v) is 2.74. The maximum absolute atomic E-state index is 12.7. The van der Waals surface area contributed by atoms with E-state index in [0.29, 0.717) is 28.0 Å². The van der Waals surface area contributed by atoms with E-state index in [1.807, 2.05) is 6.92 Å². The van der Waals surface area contributed by atoms with Crippen LogP contribution in [0.3, 0.4) is 0 Å². The average molecular weight is 354 g/mol. The predicted molar refractivity (Wildman–Crippen MR) is 98.0 cm³/mol. The number of nitrogens with zero attached hydrogens (tertiary/aromatic N) is 3. The molecule has 0 atom stereocenters. The lowest BCUT2D eigenvalue weighted by atomic mass is 10.1. The molecule has 0 unspecified atom stereocenters. The standard InChI is InChI=1S/C18H18N4O4/c1-10-9-19-15-13(16(23)22(3)18(25)21(15)2)14(10)20-12-7-5-11(6-8-12)17(24)26-4/h5-9H,1-4H3,(H,19,20). The van der Waals surface area contributed by atoms with Crippen molar-refractivity contribution in [2.24, 2.45) is 14.1 Å². The highest BCUT2D eigenvalue weighted by Gasteiger charge is 2.16. The molecule has 0 aliphatic carbocycles. The third kappa shape index (κ3) is 2.75. The number of carbonyl (C=O) groups is 1. The summed E-state index contributed by atoms with van der Waals surface area (Å²) >= 11 is 0. The second-order valence-corrected chi connectivity index (χ2v) is 5.91. The van der Waals surface area contributed by atoms with E-state index in [-0.39, 0.29) is 0 Å². The molecule has 0 saturated carbocycles. The molecule has 1 aromatic carbocycles. The summed E-state index contributed by atoms with van der Waals surface area (Å²) in [4.78, 5) is 40.5. The number of benzene rings is 1. The molecule has 26 heavy (non-hydrogen) atoms. The number of anilines is 2. The molecule has 3 rings (SSSR count). The molecule has 0 radical (unpaired) electrons. The number of esters is 1. The van der Waals surface area contributed by atoms with Gasteiger partial charge in [-0.1, -0.05) is 0 Å². The monoisotopic (exact) mass is 354 g/mol. The van der Waals surface area contributed by atoms with Crippen LogP contribution in [0, 0.1) is 6.92 Å². The number of ether oxygens (including phenoxy) is 1. The molecule has 0 aliphatic heterocycles. The molecule has 2 aromatic heterocycles. The molecule has 0 fully saturated rings. The molecule has 1 N–H and O–H groups in total. The zero-order chi connectivity index (χ0) is 19.0. The highest BCUT2D eigenvalue weighted by molar-refractivity contribution is 5.93. The summed E-state index contributed by atoms with van der Waals surface area (Å²) in [7, 11) is 4.32. The molecule has 0 amide bonds. The number of hydrogen-bond acceptors (Lipinski definition) is 6. The number of aromatic nitrogens is 3. The minimum atomic E-state index is -0.438. The topological polar surface area (TPSA) is 95.2 Å². The van der Waals surface area contributed by atoms with E-state index in [1.165, 1.54) is 18.7 Å². The second kappa shape index (κ2) is 6.47. The van der Waals surface area contributed by atoms with E-state index in [2.05, 4.69) is 15.0 Å². The molecule has 134 valence electrons. The molecular formula is C18H18N4O4. The molecule has 0 spiro atoms. The lowest BCUT2D eigenvalue weighted by Gasteiger charge is -2.14. The third-order valence-corrected chi connectivity index (χ3v) is 4.23. The number of nitrogens with one attached hydrogen (secondary N) is 1. The summed E-state index contributed by atoms with van der Waals surface area (Å²) in [5, 5.41) is 3.52. The van der Waals surface area contributed by atoms with Gasteiger partial charge in [-0.25, -0.2) is 14.6 Å². The van der Waals surface area contributed by atoms with Crippen molar-refractivity contribution >= 4 is 28.4 Å². The molecule has 0 saturated heterocycles. The van der Waals surface area contributed by atoms with Gasteiger partial charge in [-0.15, -0.1) is 0 Å². The van der Waals surface area contributed by atoms with E-state index in [4.69, 9.17) is 0 Å². The van der Waals surface area contributed by atoms with Crippen LogP contribution in [-0.4, -0.2) is 27.2 Å². The minimum absolute atomic E-state index is 0.303. The Morgan fingerprint density at radius 3 is 2.38 bits per heavy atom. The Bertz CT molecular complexity index is 1130. The minimum Gasteiger partial charge on any atom is -0.465 e. The number of pyridine rings is 1. The first-order chi connectivity index (χ1) is 12.3. The largest absolute Gasteiger partial charge is 0.465 e. The van der Waals surface area contributed by atoms with Crippen LogP contribution in [-0.2, 0) is 18.8 Å². The molecule has 8 nitrogen and oxygen atoms in total. The lowest BCUT2D eigenvalue weighted by Crippen LogP contribution is -2.37. The van der Waals surface area contributed by atoms with Crippen molar-refractivity contribution in [3.05, 3.63) is 62.4 Å². The van der Waals surface area contributed by atoms with Gasteiger partial charge in [-0.3, -0.25) is 13.9 Å². The molecular weight excluding hydrogens is 336 g/mol. The number of methoxy groups -OCH3 is 1. The fraction of sp³-hybridized carbons (Fsp3) is 0.222. The summed E-state index contributed by atoms with van der Waals surface area (Å²) in [6.07, 6.45) is 1.60. The van der Waals surface area contributed by atoms with Crippen LogP contribution in [0.5, 0.6) is 0 Å². The number of carbonyl (C=O) groups excluding carboxylic acids is 1. The smallest absolute Gasteiger partial charge is 0.337 e. The van der Waals surface area contributed by atoms with Crippen LogP contribution in [0.15, 0.2) is 40.1 Å². The van der Waals surface area contributed by atoms with E-state index in [0.717, 1.165) is 10.1 Å². The van der Waals surface area contributed by atoms with Crippen molar-refractivity contribution in [2.45, 2.75) is 6.92 Å². The highest BCUT2D eigenvalue weighted by Crippen LogP contribution is 2.26. The normalized spacial score (nSPS) is 10.8. The van der Waals surface area contributed by atoms with Crippen molar-refractivity contribution in [3.8, 4) is 0 Å². The zero-order valence-corrected chi connectivity index (χ0v) is 14.9. The molecule has 8 heteroatoms. The molecule has 3 aromatic rings. The van der Waals surface area contributed by atoms with E-state index in [1.54, 1.807) is 37.5 Å². The van der Waals surface area contributed by atoms with Crippen molar-refractivity contribution in [2.75, 3.05) is 12.4 Å². The van der Waals surface area contributed by atoms with Gasteiger partial charge < -0.3 is 10.1 Å². The van der Waals surface area contributed by atoms with E-state index >= 15 is 0 Å². The van der Waals surface area contributed by atoms with Crippen LogP contribution in [0.1, 0.15) is 15.9 Å². The van der Waals surface area contributed by atoms with Gasteiger partial charge in [0, 0.05) is 26.0 Å². The maximum Gasteiger partial charge on any atom is 0.337 e. The summed E-state index contributed by atoms with van der Waals surface area (Å²) in [5.74, 6) is -0.425. The second-order valence-electron chi connectivity index (χ2n) is 5.91. The van der Waals surface area contributed by atoms with Crippen molar-refractivity contribution in [3.63, 3.8) is 0 Å². The van der Waals surface area contributed by atoms with Gasteiger partial charge in [0.2, 0.25) is 0 Å². The van der Waals surface area contributed by atoms with Crippen LogP contribution in [0.25, 0.3) is 11.0 Å². The fourth-order valence-electron chi connectivity index (χ4n) is 2.74. The lowest BCUT2D eigenvalue weighted by molar-refractivity contribution is 0.0601. The van der Waals surface area contributed by atoms with Gasteiger partial charge in [-0.2, -0.15) is 0 Å². The predicted octanol–water partition coefficient (Wildman–Crippen LogP) is 1.47. The third-order valence-electron chi connectivity index (χ3n) is 4.23. The first kappa shape index (κ1) is 17.4. The van der Waals surface area contributed by atoms with E-state index in [9.17, 15) is 14.4 Å². The van der Waals surface area contributed by atoms with Gasteiger partial charge in [0.05, 0.1) is 18.4 Å². The molecule has 0 bridgehead atoms. The Balaban J connectivity index is 2.16. The van der Waals surface area contributed by atoms with Crippen molar-refractivity contribution in [1.82, 2.24) is 14.1 Å². The quantitative estimate of drug-likeness (QED) is 0.716. The van der Waals surface area contributed by atoms with Gasteiger partial charge in [-0.05, 0) is 36.8 Å². The summed E-state index contributed by atoms with van der Waals surface area (Å²) < 4.78 is 7.07. The van der Waals surface area contributed by atoms with Gasteiger partial charge in [0.25, 0.3) is 5.56 Å². The Kier molecular flexibility index (Phi) is 4.33. The van der Waals surface area contributed by atoms with E-state index < -0.39 is 17.2 Å². The SMILES string of the molecule is COC(=O)c1ccc(Nc2c(C)cnc3c2c(=O)n(C)c(=O)n3C)cc1. The molecule has 0 aliphatic rings. The van der Waals surface area contributed by atoms with Crippen molar-refractivity contribution < 1.29 is 9.53 Å². The first-order valence-electron chi connectivity index (χ1n) is 7.86. The van der Waals surface area contributed by atoms with Crippen LogP contribution < -0.4 is 16.6 Å². The number of fused-ring (bicyclic) bond motifs is 1. The highest BCUT2D eigenvalue weighted by atomic mass is 16.5. The maximum atomic E-state index is 12.7. The number of aryl methyl sites for hydroxylation is 2. The van der Waals surface area contributed by atoms with Gasteiger partial charge in [0.15, 0.2) is 5.65 Å². The van der Waals surface area contributed by atoms with Crippen LogP contribution in [0.2, 0.25) is 0 Å². The number of rotatable bonds is 3. The Morgan fingerprint density at radius 2 is 1.77 bits per heavy atom. The zero-order valence-electron chi connectivity index (χ0n) is 14.9. The summed E-state index contributed by atoms with van der Waals surface area (Å²) in [6.45, 7) is 1.82. The first-order valence-corrected chi connectivity index (χ1v) is 7.86. The Hall–Kier alpha value is -3.42. The summed E-state index contributed by atoms with van der Waals surface area (Å²) in [5.41, 5.74) is 1.87. The van der Waals surface area contributed by atoms with Gasteiger partial charge in [0.1, 0.15) is 5.39 Å². The number of hydrogen-bond donors (Lipinski definition) is 1. The van der Waals surface area contributed by atoms with Gasteiger partial charge >= 0.3 is 11.7 Å². The Labute approximate surface area is 148 Å². The van der Waals surface area contributed by atoms with Crippen LogP contribution in [0.4, 0.5) is 11.4 Å². The Morgan fingerprint density at radius 1 is 1.12 bits per heavy atom.